The van der Waals surface area contributed by atoms with Crippen molar-refractivity contribution in [3.05, 3.63) is 108 Å². The van der Waals surface area contributed by atoms with E-state index in [9.17, 15) is 29.1 Å². The van der Waals surface area contributed by atoms with Gasteiger partial charge in [-0.25, -0.2) is 0 Å². The van der Waals surface area contributed by atoms with Crippen LogP contribution < -0.4 is 0 Å². The van der Waals surface area contributed by atoms with Crippen LogP contribution in [0.1, 0.15) is 117 Å². The van der Waals surface area contributed by atoms with Crippen LogP contribution in [0.4, 0.5) is 0 Å². The summed E-state index contributed by atoms with van der Waals surface area (Å²) in [6.45, 7) is 14.8. The second kappa shape index (κ2) is 23.2. The normalized spacial score (nSPS) is 20.9. The molecule has 0 aromatic heterocycles. The summed E-state index contributed by atoms with van der Waals surface area (Å²) in [5, 5.41) is 26.0. The Bertz CT molecular complexity index is 1690. The first-order valence-electron chi connectivity index (χ1n) is 20.9. The Morgan fingerprint density at radius 2 is 0.833 bits per heavy atom. The number of benzene rings is 3. The van der Waals surface area contributed by atoms with Crippen LogP contribution in [-0.2, 0) is 58.0 Å². The first-order chi connectivity index (χ1) is 28.1. The fourth-order valence-electron chi connectivity index (χ4n) is 7.25. The molecule has 7 rings (SSSR count). The molecule has 4 saturated carbocycles. The summed E-state index contributed by atoms with van der Waals surface area (Å²) in [4.78, 5) is 55.5. The van der Waals surface area contributed by atoms with Crippen LogP contribution in [-0.4, -0.2) is 56.7 Å². The standard InChI is InChI=1S/C14H18O2.C13H16O3.C12H12O3.C7H12O2.C3H8O/c1-14(2)8-12(9-14)13(15)16-10-11-6-4-3-5-7-11;1-13(15)7-11(8-13)12(14)16-9-10-5-3-2-4-6-10;13-11-6-10(7-11)12(14)15-8-9-4-2-1-3-5-9;1-7(2)3-5(4-7)6(8)9;1-3(2)4/h3-7,12H,8-10H2,1-2H3;2-6,11,15H,7-9H2,1H3;1-5,10H,6-8H2;5H,3-4H2,1-2H3,(H,8,9);3-4H,1-2H3. The van der Waals surface area contributed by atoms with E-state index in [1.165, 1.54) is 0 Å². The van der Waals surface area contributed by atoms with Gasteiger partial charge in [0.2, 0.25) is 0 Å². The molecule has 0 unspecified atom stereocenters. The van der Waals surface area contributed by atoms with Crippen molar-refractivity contribution in [1.29, 1.82) is 0 Å². The minimum absolute atomic E-state index is 0.0387. The number of Topliss-reactive ketones (excluding diaryl/α,β-unsaturated/α-hetero) is 1. The zero-order valence-corrected chi connectivity index (χ0v) is 36.4. The van der Waals surface area contributed by atoms with Crippen molar-refractivity contribution >= 4 is 29.7 Å². The van der Waals surface area contributed by atoms with E-state index in [0.717, 1.165) is 42.4 Å². The largest absolute Gasteiger partial charge is 0.481 e. The molecule has 0 saturated heterocycles. The summed E-state index contributed by atoms with van der Waals surface area (Å²) in [6, 6.07) is 28.9. The number of hydrogen-bond acceptors (Lipinski definition) is 10. The molecule has 0 amide bonds. The predicted molar refractivity (Wildman–Crippen MR) is 228 cm³/mol. The molecular weight excluding hydrogens is 765 g/mol. The average molecular weight is 831 g/mol. The third kappa shape index (κ3) is 18.6. The molecule has 11 nitrogen and oxygen atoms in total. The number of hydrogen-bond donors (Lipinski definition) is 3. The van der Waals surface area contributed by atoms with Gasteiger partial charge in [-0.15, -0.1) is 0 Å². The molecule has 0 bridgehead atoms. The van der Waals surface area contributed by atoms with Crippen molar-refractivity contribution in [3.8, 4) is 0 Å². The topological polar surface area (TPSA) is 174 Å². The number of ketones is 1. The van der Waals surface area contributed by atoms with Crippen LogP contribution in [0, 0.1) is 34.5 Å². The summed E-state index contributed by atoms with van der Waals surface area (Å²) in [6.07, 6.45) is 5.19. The lowest BCUT2D eigenvalue weighted by Crippen LogP contribution is -2.44. The maximum absolute atomic E-state index is 11.7. The number of rotatable bonds is 10. The van der Waals surface area contributed by atoms with Crippen molar-refractivity contribution in [3.63, 3.8) is 0 Å². The molecule has 0 radical (unpaired) electrons. The van der Waals surface area contributed by atoms with Crippen molar-refractivity contribution in [1.82, 2.24) is 0 Å². The van der Waals surface area contributed by atoms with Crippen LogP contribution in [0.2, 0.25) is 0 Å². The van der Waals surface area contributed by atoms with Crippen LogP contribution in [0.25, 0.3) is 0 Å². The van der Waals surface area contributed by atoms with Crippen LogP contribution in [0.15, 0.2) is 91.0 Å². The number of carboxylic acids is 1. The third-order valence-electron chi connectivity index (χ3n) is 10.5. The lowest BCUT2D eigenvalue weighted by atomic mass is 9.64. The number of esters is 3. The summed E-state index contributed by atoms with van der Waals surface area (Å²) < 4.78 is 15.6. The zero-order valence-electron chi connectivity index (χ0n) is 36.4. The van der Waals surface area contributed by atoms with Gasteiger partial charge in [-0.05, 0) is 86.8 Å². The van der Waals surface area contributed by atoms with Gasteiger partial charge >= 0.3 is 23.9 Å². The first-order valence-corrected chi connectivity index (χ1v) is 20.9. The van der Waals surface area contributed by atoms with E-state index in [1.54, 1.807) is 20.8 Å². The van der Waals surface area contributed by atoms with Crippen molar-refractivity contribution in [2.45, 2.75) is 131 Å². The molecule has 4 aliphatic carbocycles. The molecule has 60 heavy (non-hydrogen) atoms. The molecule has 3 N–H and O–H groups in total. The van der Waals surface area contributed by atoms with Crippen LogP contribution >= 0.6 is 0 Å². The Kier molecular flexibility index (Phi) is 19.1. The molecule has 0 atom stereocenters. The highest BCUT2D eigenvalue weighted by atomic mass is 16.5. The molecule has 4 aliphatic rings. The smallest absolute Gasteiger partial charge is 0.310 e. The zero-order chi connectivity index (χ0) is 44.5. The maximum Gasteiger partial charge on any atom is 0.310 e. The van der Waals surface area contributed by atoms with Crippen molar-refractivity contribution in [2.75, 3.05) is 0 Å². The number of aliphatic carboxylic acids is 1. The number of aliphatic hydroxyl groups is 2. The molecule has 0 spiro atoms. The van der Waals surface area contributed by atoms with E-state index < -0.39 is 11.6 Å². The highest BCUT2D eigenvalue weighted by Crippen LogP contribution is 2.45. The SMILES string of the molecule is CC(C)O.CC1(C)CC(C(=O)O)C1.CC1(C)CC(C(=O)OCc2ccccc2)C1.CC1(O)CC(C(=O)OCc2ccccc2)C1.O=C1CC(C(=O)OCc2ccccc2)C1. The Balaban J connectivity index is 0.000000211. The Morgan fingerprint density at radius 3 is 1.08 bits per heavy atom. The Hall–Kier alpha value is -4.87. The van der Waals surface area contributed by atoms with Gasteiger partial charge in [0.1, 0.15) is 25.6 Å². The molecule has 11 heteroatoms. The summed E-state index contributed by atoms with van der Waals surface area (Å²) >= 11 is 0. The highest BCUT2D eigenvalue weighted by Gasteiger charge is 2.44. The van der Waals surface area contributed by atoms with Crippen molar-refractivity contribution in [2.24, 2.45) is 34.5 Å². The van der Waals surface area contributed by atoms with E-state index in [0.29, 0.717) is 56.3 Å². The quantitative estimate of drug-likeness (QED) is 0.132. The fraction of sp³-hybridized carbons (Fsp3) is 0.531. The van der Waals surface area contributed by atoms with E-state index in [-0.39, 0.29) is 53.5 Å². The van der Waals surface area contributed by atoms with Gasteiger partial charge in [-0.1, -0.05) is 119 Å². The monoisotopic (exact) mass is 830 g/mol. The van der Waals surface area contributed by atoms with Gasteiger partial charge in [0.05, 0.1) is 29.3 Å². The fourth-order valence-corrected chi connectivity index (χ4v) is 7.25. The Labute approximate surface area is 355 Å². The highest BCUT2D eigenvalue weighted by molar-refractivity contribution is 5.94. The second-order valence-corrected chi connectivity index (χ2v) is 18.5. The second-order valence-electron chi connectivity index (χ2n) is 18.5. The van der Waals surface area contributed by atoms with Gasteiger partial charge < -0.3 is 29.5 Å². The number of aliphatic hydroxyl groups excluding tert-OH is 1. The third-order valence-corrected chi connectivity index (χ3v) is 10.5. The van der Waals surface area contributed by atoms with Crippen LogP contribution in [0.5, 0.6) is 0 Å². The van der Waals surface area contributed by atoms with Crippen molar-refractivity contribution < 1.29 is 53.5 Å². The molecule has 328 valence electrons. The predicted octanol–water partition coefficient (Wildman–Crippen LogP) is 8.66. The van der Waals surface area contributed by atoms with E-state index in [4.69, 9.17) is 24.4 Å². The number of ether oxygens (including phenoxy) is 3. The maximum atomic E-state index is 11.7. The van der Waals surface area contributed by atoms with E-state index in [1.807, 2.05) is 91.0 Å². The molecule has 4 fully saturated rings. The lowest BCUT2D eigenvalue weighted by Gasteiger charge is -2.40. The minimum Gasteiger partial charge on any atom is -0.481 e. The van der Waals surface area contributed by atoms with Gasteiger partial charge in [0.15, 0.2) is 0 Å². The molecular formula is C49H66O11. The average Bonchev–Trinajstić information content (AvgIpc) is 3.15. The molecule has 3 aromatic rings. The Morgan fingerprint density at radius 1 is 0.550 bits per heavy atom. The van der Waals surface area contributed by atoms with Gasteiger partial charge in [0, 0.05) is 18.9 Å². The van der Waals surface area contributed by atoms with Gasteiger partial charge in [0.25, 0.3) is 0 Å². The van der Waals surface area contributed by atoms with E-state index in [2.05, 4.69) is 27.7 Å². The van der Waals surface area contributed by atoms with Crippen LogP contribution in [0.3, 0.4) is 0 Å². The molecule has 0 aliphatic heterocycles. The summed E-state index contributed by atoms with van der Waals surface area (Å²) in [7, 11) is 0. The number of carbonyl (C=O) groups is 5. The number of carbonyl (C=O) groups excluding carboxylic acids is 4. The minimum atomic E-state index is -0.670. The van der Waals surface area contributed by atoms with E-state index >= 15 is 0 Å². The molecule has 3 aromatic carbocycles. The van der Waals surface area contributed by atoms with Gasteiger partial charge in [-0.3, -0.25) is 24.0 Å². The summed E-state index contributed by atoms with van der Waals surface area (Å²) in [5.41, 5.74) is 2.96. The summed E-state index contributed by atoms with van der Waals surface area (Å²) in [5.74, 6) is -1.22. The lowest BCUT2D eigenvalue weighted by molar-refractivity contribution is -0.164. The number of carboxylic acid groups (broad SMARTS) is 1. The first kappa shape index (κ1) is 49.5. The molecule has 0 heterocycles. The van der Waals surface area contributed by atoms with Gasteiger partial charge in [-0.2, -0.15) is 0 Å².